The van der Waals surface area contributed by atoms with Gasteiger partial charge in [-0.05, 0) is 17.7 Å². The zero-order chi connectivity index (χ0) is 15.1. The molecule has 112 valence electrons. The van der Waals surface area contributed by atoms with Crippen LogP contribution in [0.3, 0.4) is 0 Å². The lowest BCUT2D eigenvalue weighted by atomic mass is 10.2. The molecule has 7 heteroatoms. The highest BCUT2D eigenvalue weighted by atomic mass is 16.5. The van der Waals surface area contributed by atoms with Crippen LogP contribution < -0.4 is 15.4 Å². The van der Waals surface area contributed by atoms with Crippen LogP contribution in [-0.4, -0.2) is 34.9 Å². The number of nitrogens with one attached hydrogen (secondary N) is 2. The third kappa shape index (κ3) is 4.20. The van der Waals surface area contributed by atoms with E-state index in [1.165, 1.54) is 0 Å². The molecule has 1 aromatic carbocycles. The first-order valence-corrected chi connectivity index (χ1v) is 6.63. The van der Waals surface area contributed by atoms with Crippen molar-refractivity contribution in [1.82, 2.24) is 25.4 Å². The van der Waals surface area contributed by atoms with Gasteiger partial charge in [0.1, 0.15) is 12.1 Å². The van der Waals surface area contributed by atoms with Crippen LogP contribution in [0, 0.1) is 0 Å². The molecule has 7 nitrogen and oxygen atoms in total. The third-order valence-electron chi connectivity index (χ3n) is 3.06. The van der Waals surface area contributed by atoms with Crippen LogP contribution in [-0.2, 0) is 20.1 Å². The Morgan fingerprint density at radius 1 is 1.24 bits per heavy atom. The quantitative estimate of drug-likeness (QED) is 0.625. The number of hydrogen-bond donors (Lipinski definition) is 2. The lowest BCUT2D eigenvalue weighted by Gasteiger charge is -2.11. The molecule has 21 heavy (non-hydrogen) atoms. The highest BCUT2D eigenvalue weighted by molar-refractivity contribution is 5.79. The molecule has 0 spiro atoms. The maximum atomic E-state index is 5.14. The monoisotopic (exact) mass is 288 g/mol. The molecule has 2 aromatic rings. The molecule has 1 heterocycles. The summed E-state index contributed by atoms with van der Waals surface area (Å²) in [5.41, 5.74) is 1.15. The largest absolute Gasteiger partial charge is 0.497 e. The number of rotatable bonds is 5. The van der Waals surface area contributed by atoms with Crippen LogP contribution in [0.5, 0.6) is 5.75 Å². The number of methoxy groups -OCH3 is 1. The van der Waals surface area contributed by atoms with E-state index in [1.807, 2.05) is 35.9 Å². The van der Waals surface area contributed by atoms with Crippen LogP contribution >= 0.6 is 0 Å². The Morgan fingerprint density at radius 2 is 1.95 bits per heavy atom. The molecular formula is C14H20N6O. The zero-order valence-electron chi connectivity index (χ0n) is 12.5. The van der Waals surface area contributed by atoms with Crippen molar-refractivity contribution in [2.45, 2.75) is 13.1 Å². The molecule has 0 saturated carbocycles. The average molecular weight is 288 g/mol. The van der Waals surface area contributed by atoms with Gasteiger partial charge in [-0.25, -0.2) is 0 Å². The number of aliphatic imine (C=N–C) groups is 1. The van der Waals surface area contributed by atoms with E-state index in [9.17, 15) is 0 Å². The molecule has 0 aliphatic carbocycles. The van der Waals surface area contributed by atoms with Crippen LogP contribution in [0.1, 0.15) is 11.4 Å². The van der Waals surface area contributed by atoms with Crippen molar-refractivity contribution in [3.8, 4) is 5.75 Å². The molecule has 0 radical (unpaired) electrons. The fraction of sp³-hybridized carbons (Fsp3) is 0.357. The van der Waals surface area contributed by atoms with E-state index in [0.717, 1.165) is 17.1 Å². The van der Waals surface area contributed by atoms with Gasteiger partial charge in [-0.3, -0.25) is 4.99 Å². The molecule has 1 aromatic heterocycles. The van der Waals surface area contributed by atoms with Gasteiger partial charge in [0.15, 0.2) is 11.8 Å². The number of aromatic nitrogens is 3. The minimum atomic E-state index is 0.568. The summed E-state index contributed by atoms with van der Waals surface area (Å²) in [7, 11) is 5.30. The first-order valence-electron chi connectivity index (χ1n) is 6.63. The molecule has 0 aliphatic heterocycles. The summed E-state index contributed by atoms with van der Waals surface area (Å²) in [6, 6.07) is 7.91. The standard InChI is InChI=1S/C14H20N6O/c1-15-14(17-9-13-19-18-10-20(13)2)16-8-11-4-6-12(21-3)7-5-11/h4-7,10H,8-9H2,1-3H3,(H2,15,16,17). The molecule has 0 saturated heterocycles. The summed E-state index contributed by atoms with van der Waals surface area (Å²) in [6.45, 7) is 1.25. The molecule has 0 unspecified atom stereocenters. The van der Waals surface area contributed by atoms with Gasteiger partial charge in [0.2, 0.25) is 0 Å². The highest BCUT2D eigenvalue weighted by Crippen LogP contribution is 2.10. The Kier molecular flexibility index (Phi) is 5.14. The van der Waals surface area contributed by atoms with Crippen molar-refractivity contribution in [3.63, 3.8) is 0 Å². The number of ether oxygens (including phenoxy) is 1. The van der Waals surface area contributed by atoms with Gasteiger partial charge in [-0.1, -0.05) is 12.1 Å². The Bertz CT molecular complexity index is 590. The number of benzene rings is 1. The van der Waals surface area contributed by atoms with Gasteiger partial charge in [0.05, 0.1) is 13.7 Å². The zero-order valence-corrected chi connectivity index (χ0v) is 12.5. The second-order valence-corrected chi connectivity index (χ2v) is 4.49. The maximum Gasteiger partial charge on any atom is 0.191 e. The highest BCUT2D eigenvalue weighted by Gasteiger charge is 2.03. The number of nitrogens with zero attached hydrogens (tertiary/aromatic N) is 4. The molecular weight excluding hydrogens is 268 g/mol. The summed E-state index contributed by atoms with van der Waals surface area (Å²) in [5.74, 6) is 2.42. The summed E-state index contributed by atoms with van der Waals surface area (Å²) in [6.07, 6.45) is 1.67. The second-order valence-electron chi connectivity index (χ2n) is 4.49. The molecule has 0 aliphatic rings. The lowest BCUT2D eigenvalue weighted by molar-refractivity contribution is 0.414. The molecule has 0 fully saturated rings. The summed E-state index contributed by atoms with van der Waals surface area (Å²) in [4.78, 5) is 4.18. The summed E-state index contributed by atoms with van der Waals surface area (Å²) >= 11 is 0. The SMILES string of the molecule is CN=C(NCc1ccc(OC)cc1)NCc1nncn1C. The van der Waals surface area contributed by atoms with E-state index < -0.39 is 0 Å². The lowest BCUT2D eigenvalue weighted by Crippen LogP contribution is -2.36. The van der Waals surface area contributed by atoms with Gasteiger partial charge in [0, 0.05) is 20.6 Å². The van der Waals surface area contributed by atoms with Crippen molar-refractivity contribution in [2.24, 2.45) is 12.0 Å². The van der Waals surface area contributed by atoms with E-state index >= 15 is 0 Å². The predicted octanol–water partition coefficient (Wildman–Crippen LogP) is 0.689. The Balaban J connectivity index is 1.83. The Labute approximate surface area is 124 Å². The van der Waals surface area contributed by atoms with E-state index in [1.54, 1.807) is 20.5 Å². The molecule has 2 N–H and O–H groups in total. The van der Waals surface area contributed by atoms with Gasteiger partial charge in [-0.15, -0.1) is 10.2 Å². The smallest absolute Gasteiger partial charge is 0.191 e. The van der Waals surface area contributed by atoms with Gasteiger partial charge < -0.3 is 19.9 Å². The topological polar surface area (TPSA) is 76.4 Å². The molecule has 2 rings (SSSR count). The van der Waals surface area contributed by atoms with Crippen LogP contribution in [0.4, 0.5) is 0 Å². The van der Waals surface area contributed by atoms with Gasteiger partial charge in [-0.2, -0.15) is 0 Å². The van der Waals surface area contributed by atoms with Crippen LogP contribution in [0.15, 0.2) is 35.6 Å². The number of aryl methyl sites for hydroxylation is 1. The van der Waals surface area contributed by atoms with Crippen molar-refractivity contribution in [3.05, 3.63) is 42.0 Å². The number of hydrogen-bond acceptors (Lipinski definition) is 4. The van der Waals surface area contributed by atoms with E-state index in [-0.39, 0.29) is 0 Å². The minimum absolute atomic E-state index is 0.568. The van der Waals surface area contributed by atoms with Crippen molar-refractivity contribution >= 4 is 5.96 Å². The predicted molar refractivity (Wildman–Crippen MR) is 81.0 cm³/mol. The number of guanidine groups is 1. The molecule has 0 atom stereocenters. The minimum Gasteiger partial charge on any atom is -0.497 e. The van der Waals surface area contributed by atoms with E-state index in [0.29, 0.717) is 19.0 Å². The fourth-order valence-electron chi connectivity index (χ4n) is 1.78. The Hall–Kier alpha value is -2.57. The fourth-order valence-corrected chi connectivity index (χ4v) is 1.78. The summed E-state index contributed by atoms with van der Waals surface area (Å²) in [5, 5.41) is 14.3. The van der Waals surface area contributed by atoms with Gasteiger partial charge in [0.25, 0.3) is 0 Å². The van der Waals surface area contributed by atoms with Crippen molar-refractivity contribution in [1.29, 1.82) is 0 Å². The first kappa shape index (κ1) is 14.8. The molecule has 0 amide bonds. The van der Waals surface area contributed by atoms with Crippen LogP contribution in [0.25, 0.3) is 0 Å². The van der Waals surface area contributed by atoms with Crippen LogP contribution in [0.2, 0.25) is 0 Å². The Morgan fingerprint density at radius 3 is 2.52 bits per heavy atom. The summed E-state index contributed by atoms with van der Waals surface area (Å²) < 4.78 is 7.00. The second kappa shape index (κ2) is 7.28. The maximum absolute atomic E-state index is 5.14. The van der Waals surface area contributed by atoms with Crippen molar-refractivity contribution < 1.29 is 4.74 Å². The normalized spacial score (nSPS) is 11.3. The molecule has 0 bridgehead atoms. The first-order chi connectivity index (χ1) is 10.2. The van der Waals surface area contributed by atoms with Crippen molar-refractivity contribution in [2.75, 3.05) is 14.2 Å². The van der Waals surface area contributed by atoms with E-state index in [4.69, 9.17) is 4.74 Å². The third-order valence-corrected chi connectivity index (χ3v) is 3.06. The average Bonchev–Trinajstić information content (AvgIpc) is 2.93. The van der Waals surface area contributed by atoms with Gasteiger partial charge >= 0.3 is 0 Å². The van der Waals surface area contributed by atoms with E-state index in [2.05, 4.69) is 25.8 Å².